The molecule has 1 heterocycles. The van der Waals surface area contributed by atoms with Crippen molar-refractivity contribution in [1.82, 2.24) is 4.57 Å². The van der Waals surface area contributed by atoms with Gasteiger partial charge in [-0.1, -0.05) is 30.3 Å². The van der Waals surface area contributed by atoms with E-state index < -0.39 is 21.1 Å². The Balaban J connectivity index is 2.31. The fourth-order valence-corrected chi connectivity index (χ4v) is 2.21. The lowest BCUT2D eigenvalue weighted by molar-refractivity contribution is 0.659. The van der Waals surface area contributed by atoms with Gasteiger partial charge in [-0.05, 0) is 22.2 Å². The maximum absolute atomic E-state index is 12.0. The van der Waals surface area contributed by atoms with Gasteiger partial charge in [-0.25, -0.2) is 0 Å². The summed E-state index contributed by atoms with van der Waals surface area (Å²) in [6, 6.07) is 13.4. The molecule has 17 heavy (non-hydrogen) atoms. The van der Waals surface area contributed by atoms with Gasteiger partial charge < -0.3 is 7.63 Å². The minimum atomic E-state index is -0.625. The third-order valence-corrected chi connectivity index (χ3v) is 3.10. The summed E-state index contributed by atoms with van der Waals surface area (Å²) in [4.78, 5) is 12.0. The zero-order valence-electron chi connectivity index (χ0n) is 9.17. The van der Waals surface area contributed by atoms with E-state index in [4.69, 9.17) is 3.07 Å². The van der Waals surface area contributed by atoms with E-state index in [1.807, 2.05) is 36.4 Å². The predicted molar refractivity (Wildman–Crippen MR) is 78.0 cm³/mol. The number of nitrogens with zero attached hydrogens (tertiary/aromatic N) is 1. The van der Waals surface area contributed by atoms with Crippen LogP contribution in [0.2, 0.25) is 0 Å². The maximum Gasteiger partial charge on any atom is 0.294 e. The molecule has 0 aliphatic heterocycles. The number of hydrogen-bond acceptors (Lipinski definition) is 2. The van der Waals surface area contributed by atoms with Crippen molar-refractivity contribution in [2.24, 2.45) is 0 Å². The largest absolute Gasteiger partial charge is 0.431 e. The van der Waals surface area contributed by atoms with E-state index in [1.165, 1.54) is 0 Å². The van der Waals surface area contributed by atoms with E-state index in [2.05, 4.69) is 4.51 Å². The first-order valence-corrected chi connectivity index (χ1v) is 7.50. The van der Waals surface area contributed by atoms with Crippen molar-refractivity contribution in [1.29, 1.82) is 0 Å². The molecule has 3 nitrogen and oxygen atoms in total. The van der Waals surface area contributed by atoms with Crippen LogP contribution in [0.3, 0.4) is 0 Å². The molecule has 0 saturated carbocycles. The van der Waals surface area contributed by atoms with Crippen LogP contribution >= 0.6 is 21.1 Å². The van der Waals surface area contributed by atoms with Crippen molar-refractivity contribution >= 4 is 25.7 Å². The van der Waals surface area contributed by atoms with Crippen LogP contribution in [0.5, 0.6) is 5.75 Å². The van der Waals surface area contributed by atoms with Crippen LogP contribution in [-0.2, 0) is 6.54 Å². The van der Waals surface area contributed by atoms with E-state index >= 15 is 0 Å². The standard InChI is InChI=1S/C13H12INO2/c1-14-17-12-8-5-9-15(13(12)16)10-11-6-3-2-4-7-11/h2-9H,1,10H2. The summed E-state index contributed by atoms with van der Waals surface area (Å²) in [7, 11) is 0. The Bertz CT molecular complexity index is 563. The molecule has 0 aliphatic rings. The van der Waals surface area contributed by atoms with E-state index in [1.54, 1.807) is 16.8 Å². The molecule has 2 rings (SSSR count). The maximum atomic E-state index is 12.0. The molecular weight excluding hydrogens is 329 g/mol. The van der Waals surface area contributed by atoms with Gasteiger partial charge in [-0.15, -0.1) is 0 Å². The van der Waals surface area contributed by atoms with Gasteiger partial charge in [0.05, 0.1) is 6.54 Å². The Morgan fingerprint density at radius 3 is 2.65 bits per heavy atom. The minimum absolute atomic E-state index is 0.0975. The summed E-state index contributed by atoms with van der Waals surface area (Å²) in [6.45, 7) is 0.562. The van der Waals surface area contributed by atoms with Crippen molar-refractivity contribution in [2.45, 2.75) is 6.54 Å². The van der Waals surface area contributed by atoms with Crippen LogP contribution in [0.25, 0.3) is 0 Å². The monoisotopic (exact) mass is 341 g/mol. The highest BCUT2D eigenvalue weighted by molar-refractivity contribution is 14.2. The first kappa shape index (κ1) is 12.0. The van der Waals surface area contributed by atoms with Gasteiger partial charge in [0.15, 0.2) is 5.75 Å². The Hall–Kier alpha value is -1.43. The zero-order chi connectivity index (χ0) is 12.1. The van der Waals surface area contributed by atoms with E-state index in [0.29, 0.717) is 12.3 Å². The second-order valence-corrected chi connectivity index (χ2v) is 4.54. The molecule has 0 radical (unpaired) electrons. The highest BCUT2D eigenvalue weighted by atomic mass is 127. The molecule has 88 valence electrons. The summed E-state index contributed by atoms with van der Waals surface area (Å²) in [5.74, 6) is 0.395. The lowest BCUT2D eigenvalue weighted by Crippen LogP contribution is -2.20. The molecule has 0 atom stereocenters. The van der Waals surface area contributed by atoms with Crippen molar-refractivity contribution in [3.05, 3.63) is 64.6 Å². The number of aromatic nitrogens is 1. The lowest BCUT2D eigenvalue weighted by Gasteiger charge is -2.06. The van der Waals surface area contributed by atoms with Crippen molar-refractivity contribution in [3.8, 4) is 5.75 Å². The average Bonchev–Trinajstić information content (AvgIpc) is 2.36. The molecule has 0 amide bonds. The molecule has 0 unspecified atom stereocenters. The number of pyridine rings is 1. The van der Waals surface area contributed by atoms with Crippen molar-refractivity contribution in [2.75, 3.05) is 0 Å². The number of rotatable bonds is 4. The van der Waals surface area contributed by atoms with Gasteiger partial charge in [0.1, 0.15) is 21.1 Å². The fraction of sp³-hybridized carbons (Fsp3) is 0.0769. The topological polar surface area (TPSA) is 31.2 Å². The first-order chi connectivity index (χ1) is 8.31. The van der Waals surface area contributed by atoms with Crippen LogP contribution in [0, 0.1) is 0 Å². The highest BCUT2D eigenvalue weighted by Crippen LogP contribution is 2.09. The molecule has 4 heteroatoms. The summed E-state index contributed by atoms with van der Waals surface area (Å²) in [5.41, 5.74) is 0.996. The average molecular weight is 341 g/mol. The predicted octanol–water partition coefficient (Wildman–Crippen LogP) is 2.59. The Morgan fingerprint density at radius 1 is 1.18 bits per heavy atom. The second-order valence-electron chi connectivity index (χ2n) is 3.48. The quantitative estimate of drug-likeness (QED) is 0.801. The molecule has 0 fully saturated rings. The van der Waals surface area contributed by atoms with Gasteiger partial charge in [0.25, 0.3) is 5.56 Å². The molecule has 1 aromatic carbocycles. The lowest BCUT2D eigenvalue weighted by atomic mass is 10.2. The Morgan fingerprint density at radius 2 is 1.94 bits per heavy atom. The van der Waals surface area contributed by atoms with Crippen molar-refractivity contribution in [3.63, 3.8) is 0 Å². The molecule has 0 spiro atoms. The normalized spacial score (nSPS) is 10.1. The Labute approximate surface area is 110 Å². The summed E-state index contributed by atoms with van der Waals surface area (Å²) in [6.07, 6.45) is 1.77. The third-order valence-electron chi connectivity index (χ3n) is 2.32. The molecule has 2 aromatic rings. The zero-order valence-corrected chi connectivity index (χ0v) is 11.3. The number of hydrogen-bond donors (Lipinski definition) is 0. The number of halogens is 1. The molecule has 1 aromatic heterocycles. The first-order valence-electron chi connectivity index (χ1n) is 5.10. The van der Waals surface area contributed by atoms with Crippen molar-refractivity contribution < 1.29 is 3.07 Å². The van der Waals surface area contributed by atoms with Gasteiger partial charge in [0, 0.05) is 6.20 Å². The smallest absolute Gasteiger partial charge is 0.294 e. The van der Waals surface area contributed by atoms with Crippen LogP contribution in [0.4, 0.5) is 0 Å². The van der Waals surface area contributed by atoms with Crippen LogP contribution in [-0.4, -0.2) is 9.08 Å². The summed E-state index contributed by atoms with van der Waals surface area (Å²) < 4.78 is 10.6. The van der Waals surface area contributed by atoms with E-state index in [0.717, 1.165) is 5.56 Å². The SMILES string of the molecule is C=IOc1cccn(Cc2ccccc2)c1=O. The Kier molecular flexibility index (Phi) is 4.08. The van der Waals surface area contributed by atoms with Gasteiger partial charge in [-0.2, -0.15) is 0 Å². The molecule has 0 saturated heterocycles. The second kappa shape index (κ2) is 5.77. The number of benzene rings is 1. The minimum Gasteiger partial charge on any atom is -0.431 e. The van der Waals surface area contributed by atoms with Gasteiger partial charge >= 0.3 is 0 Å². The van der Waals surface area contributed by atoms with Gasteiger partial charge in [-0.3, -0.25) is 4.79 Å². The fourth-order valence-electron chi connectivity index (χ4n) is 1.54. The van der Waals surface area contributed by atoms with E-state index in [9.17, 15) is 4.79 Å². The highest BCUT2D eigenvalue weighted by Gasteiger charge is 2.03. The molecule has 0 N–H and O–H groups in total. The third kappa shape index (κ3) is 3.03. The van der Waals surface area contributed by atoms with Gasteiger partial charge in [0.2, 0.25) is 0 Å². The molecular formula is C13H12INO2. The summed E-state index contributed by atoms with van der Waals surface area (Å²) >= 11 is -0.625. The van der Waals surface area contributed by atoms with Crippen LogP contribution in [0.1, 0.15) is 5.56 Å². The van der Waals surface area contributed by atoms with Crippen LogP contribution < -0.4 is 8.63 Å². The molecule has 0 aliphatic carbocycles. The summed E-state index contributed by atoms with van der Waals surface area (Å²) in [5, 5.41) is 0. The van der Waals surface area contributed by atoms with Crippen LogP contribution in [0.15, 0.2) is 53.5 Å². The van der Waals surface area contributed by atoms with E-state index in [-0.39, 0.29) is 5.56 Å². The molecule has 0 bridgehead atoms.